The van der Waals surface area contributed by atoms with E-state index in [0.29, 0.717) is 5.75 Å². The van der Waals surface area contributed by atoms with Crippen LogP contribution in [0.2, 0.25) is 0 Å². The van der Waals surface area contributed by atoms with E-state index >= 15 is 0 Å². The lowest BCUT2D eigenvalue weighted by Gasteiger charge is -2.11. The minimum atomic E-state index is -4.29. The van der Waals surface area contributed by atoms with Gasteiger partial charge in [0.25, 0.3) is 0 Å². The Morgan fingerprint density at radius 2 is 1.79 bits per heavy atom. The van der Waals surface area contributed by atoms with Gasteiger partial charge in [-0.25, -0.2) is 0 Å². The van der Waals surface area contributed by atoms with Crippen molar-refractivity contribution in [2.45, 2.75) is 25.6 Å². The van der Waals surface area contributed by atoms with Crippen LogP contribution in [0.1, 0.15) is 24.9 Å². The summed E-state index contributed by atoms with van der Waals surface area (Å²) in [6.45, 7) is 0.721. The van der Waals surface area contributed by atoms with E-state index in [9.17, 15) is 13.2 Å². The summed E-state index contributed by atoms with van der Waals surface area (Å²) in [7, 11) is 0. The molecule has 0 spiro atoms. The van der Waals surface area contributed by atoms with Crippen LogP contribution in [0, 0.1) is 0 Å². The number of ether oxygens (including phenoxy) is 2. The average Bonchev–Trinajstić information content (AvgIpc) is 2.37. The van der Waals surface area contributed by atoms with Crippen LogP contribution < -0.4 is 10.5 Å². The second-order valence-corrected chi connectivity index (χ2v) is 4.10. The zero-order valence-corrected chi connectivity index (χ0v) is 10.7. The van der Waals surface area contributed by atoms with Crippen molar-refractivity contribution in [2.24, 2.45) is 5.73 Å². The molecule has 0 radical (unpaired) electrons. The van der Waals surface area contributed by atoms with Gasteiger partial charge in [-0.3, -0.25) is 0 Å². The van der Waals surface area contributed by atoms with E-state index in [-0.39, 0.29) is 19.3 Å². The molecule has 0 aliphatic rings. The van der Waals surface area contributed by atoms with E-state index in [0.717, 1.165) is 12.0 Å². The van der Waals surface area contributed by atoms with Gasteiger partial charge in [-0.05, 0) is 24.1 Å². The summed E-state index contributed by atoms with van der Waals surface area (Å²) in [6, 6.07) is 7.17. The Bertz CT molecular complexity index is 365. The van der Waals surface area contributed by atoms with E-state index in [1.807, 2.05) is 19.1 Å². The molecular formula is C13H18F3NO2. The highest BCUT2D eigenvalue weighted by atomic mass is 19.4. The molecule has 19 heavy (non-hydrogen) atoms. The average molecular weight is 277 g/mol. The molecule has 1 rings (SSSR count). The number of halogens is 3. The van der Waals surface area contributed by atoms with Crippen LogP contribution in [0.5, 0.6) is 5.75 Å². The van der Waals surface area contributed by atoms with Crippen LogP contribution in [0.4, 0.5) is 13.2 Å². The zero-order chi connectivity index (χ0) is 14.3. The molecule has 0 aliphatic heterocycles. The second kappa shape index (κ2) is 7.35. The fraction of sp³-hybridized carbons (Fsp3) is 0.538. The van der Waals surface area contributed by atoms with E-state index in [2.05, 4.69) is 4.74 Å². The number of alkyl halides is 3. The molecule has 2 N–H and O–H groups in total. The van der Waals surface area contributed by atoms with Crippen LogP contribution in [0.15, 0.2) is 24.3 Å². The van der Waals surface area contributed by atoms with Gasteiger partial charge in [0, 0.05) is 6.04 Å². The summed E-state index contributed by atoms with van der Waals surface area (Å²) < 4.78 is 45.0. The van der Waals surface area contributed by atoms with Crippen molar-refractivity contribution >= 4 is 0 Å². The smallest absolute Gasteiger partial charge is 0.411 e. The third-order valence-electron chi connectivity index (χ3n) is 2.51. The minimum Gasteiger partial charge on any atom is -0.491 e. The Hall–Kier alpha value is -1.27. The first-order chi connectivity index (χ1) is 8.92. The molecule has 3 nitrogen and oxygen atoms in total. The van der Waals surface area contributed by atoms with Crippen LogP contribution in [-0.2, 0) is 4.74 Å². The van der Waals surface area contributed by atoms with Crippen LogP contribution in [0.3, 0.4) is 0 Å². The predicted molar refractivity (Wildman–Crippen MR) is 66.0 cm³/mol. The molecule has 1 aromatic carbocycles. The number of nitrogens with two attached hydrogens (primary N) is 1. The molecule has 0 fully saturated rings. The molecule has 0 saturated carbocycles. The van der Waals surface area contributed by atoms with E-state index in [1.54, 1.807) is 12.1 Å². The normalized spacial score (nSPS) is 13.3. The van der Waals surface area contributed by atoms with Crippen LogP contribution in [-0.4, -0.2) is 26.0 Å². The molecular weight excluding hydrogens is 259 g/mol. The minimum absolute atomic E-state index is 0.0100. The van der Waals surface area contributed by atoms with Gasteiger partial charge in [-0.1, -0.05) is 19.1 Å². The van der Waals surface area contributed by atoms with Gasteiger partial charge < -0.3 is 15.2 Å². The van der Waals surface area contributed by atoms with Gasteiger partial charge >= 0.3 is 6.18 Å². The number of rotatable bonds is 7. The lowest BCUT2D eigenvalue weighted by Crippen LogP contribution is -2.19. The molecule has 0 saturated heterocycles. The fourth-order valence-corrected chi connectivity index (χ4v) is 1.45. The van der Waals surface area contributed by atoms with Gasteiger partial charge in [0.15, 0.2) is 0 Å². The summed E-state index contributed by atoms with van der Waals surface area (Å²) in [4.78, 5) is 0. The Kier molecular flexibility index (Phi) is 6.11. The number of benzene rings is 1. The Morgan fingerprint density at radius 1 is 1.16 bits per heavy atom. The maximum Gasteiger partial charge on any atom is 0.411 e. The zero-order valence-electron chi connectivity index (χ0n) is 10.7. The first-order valence-corrected chi connectivity index (χ1v) is 6.05. The Morgan fingerprint density at radius 3 is 2.32 bits per heavy atom. The summed E-state index contributed by atoms with van der Waals surface area (Å²) in [5, 5.41) is 0. The standard InChI is InChI=1S/C13H18F3NO2/c1-2-12(17)10-3-5-11(6-4-10)19-8-7-18-9-13(14,15)16/h3-6,12H,2,7-9,17H2,1H3/t12-/m0/s1. The first kappa shape index (κ1) is 15.8. The summed E-state index contributed by atoms with van der Waals surface area (Å²) >= 11 is 0. The molecule has 6 heteroatoms. The fourth-order valence-electron chi connectivity index (χ4n) is 1.45. The molecule has 0 amide bonds. The van der Waals surface area contributed by atoms with Crippen molar-refractivity contribution in [1.29, 1.82) is 0 Å². The molecule has 0 aromatic heterocycles. The van der Waals surface area contributed by atoms with Gasteiger partial charge in [-0.15, -0.1) is 0 Å². The van der Waals surface area contributed by atoms with Crippen molar-refractivity contribution in [3.8, 4) is 5.75 Å². The maximum atomic E-state index is 11.8. The lowest BCUT2D eigenvalue weighted by molar-refractivity contribution is -0.175. The molecule has 1 aromatic rings. The third kappa shape index (κ3) is 6.45. The quantitative estimate of drug-likeness (QED) is 0.779. The molecule has 0 bridgehead atoms. The van der Waals surface area contributed by atoms with Gasteiger partial charge in [0.1, 0.15) is 19.0 Å². The van der Waals surface area contributed by atoms with Crippen molar-refractivity contribution < 1.29 is 22.6 Å². The highest BCUT2D eigenvalue weighted by Gasteiger charge is 2.27. The molecule has 0 aliphatic carbocycles. The van der Waals surface area contributed by atoms with E-state index in [4.69, 9.17) is 10.5 Å². The highest BCUT2D eigenvalue weighted by molar-refractivity contribution is 5.28. The van der Waals surface area contributed by atoms with Crippen molar-refractivity contribution in [3.63, 3.8) is 0 Å². The van der Waals surface area contributed by atoms with Crippen molar-refractivity contribution in [1.82, 2.24) is 0 Å². The van der Waals surface area contributed by atoms with Gasteiger partial charge in [-0.2, -0.15) is 13.2 Å². The largest absolute Gasteiger partial charge is 0.491 e. The van der Waals surface area contributed by atoms with Crippen LogP contribution in [0.25, 0.3) is 0 Å². The lowest BCUT2D eigenvalue weighted by atomic mass is 10.1. The summed E-state index contributed by atoms with van der Waals surface area (Å²) in [5.41, 5.74) is 6.86. The Labute approximate surface area is 110 Å². The van der Waals surface area contributed by atoms with Gasteiger partial charge in [0.2, 0.25) is 0 Å². The first-order valence-electron chi connectivity index (χ1n) is 6.05. The molecule has 0 unspecified atom stereocenters. The van der Waals surface area contributed by atoms with E-state index in [1.165, 1.54) is 0 Å². The molecule has 0 heterocycles. The van der Waals surface area contributed by atoms with Crippen LogP contribution >= 0.6 is 0 Å². The third-order valence-corrected chi connectivity index (χ3v) is 2.51. The SMILES string of the molecule is CC[C@H](N)c1ccc(OCCOCC(F)(F)F)cc1. The second-order valence-electron chi connectivity index (χ2n) is 4.10. The predicted octanol–water partition coefficient (Wildman–Crippen LogP) is 3.05. The van der Waals surface area contributed by atoms with E-state index < -0.39 is 12.8 Å². The maximum absolute atomic E-state index is 11.8. The number of hydrogen-bond acceptors (Lipinski definition) is 3. The Balaban J connectivity index is 2.27. The summed E-state index contributed by atoms with van der Waals surface area (Å²) in [5.74, 6) is 0.586. The van der Waals surface area contributed by atoms with Crippen molar-refractivity contribution in [2.75, 3.05) is 19.8 Å². The monoisotopic (exact) mass is 277 g/mol. The summed E-state index contributed by atoms with van der Waals surface area (Å²) in [6.07, 6.45) is -3.45. The highest BCUT2D eigenvalue weighted by Crippen LogP contribution is 2.18. The molecule has 108 valence electrons. The van der Waals surface area contributed by atoms with Crippen molar-refractivity contribution in [3.05, 3.63) is 29.8 Å². The van der Waals surface area contributed by atoms with Gasteiger partial charge in [0.05, 0.1) is 6.61 Å². The topological polar surface area (TPSA) is 44.5 Å². The molecule has 1 atom stereocenters. The number of hydrogen-bond donors (Lipinski definition) is 1.